The monoisotopic (exact) mass is 417 g/mol. The van der Waals surface area contributed by atoms with Crippen LogP contribution in [0.5, 0.6) is 0 Å². The summed E-state index contributed by atoms with van der Waals surface area (Å²) < 4.78 is 5.32. The number of hydrogen-bond donors (Lipinski definition) is 1. The second kappa shape index (κ2) is 8.39. The quantitative estimate of drug-likeness (QED) is 0.578. The van der Waals surface area contributed by atoms with Crippen molar-refractivity contribution in [1.29, 1.82) is 0 Å². The number of hydrogen-bond acceptors (Lipinski definition) is 5. The van der Waals surface area contributed by atoms with E-state index in [1.807, 2.05) is 17.0 Å². The van der Waals surface area contributed by atoms with Crippen LogP contribution >= 0.6 is 11.6 Å². The number of nitrogens with zero attached hydrogens (tertiary/aromatic N) is 2. The van der Waals surface area contributed by atoms with Gasteiger partial charge in [0.05, 0.1) is 28.8 Å². The van der Waals surface area contributed by atoms with Crippen molar-refractivity contribution in [1.82, 2.24) is 0 Å². The maximum atomic E-state index is 12.7. The number of amides is 1. The molecule has 154 valence electrons. The molecule has 0 aliphatic carbocycles. The summed E-state index contributed by atoms with van der Waals surface area (Å²) in [6.07, 6.45) is 0. The number of ether oxygens (including phenoxy) is 1. The molecule has 0 spiro atoms. The first kappa shape index (κ1) is 21.1. The Balaban J connectivity index is 1.88. The fraction of sp³-hybridized carbons (Fsp3) is 0.381. The van der Waals surface area contributed by atoms with Gasteiger partial charge in [0.25, 0.3) is 11.6 Å². The first-order valence-electron chi connectivity index (χ1n) is 9.39. The topological polar surface area (TPSA) is 84.7 Å². The molecule has 1 amide bonds. The maximum Gasteiger partial charge on any atom is 0.294 e. The van der Waals surface area contributed by atoms with Gasteiger partial charge in [-0.2, -0.15) is 0 Å². The number of nitro benzene ring substituents is 1. The predicted octanol–water partition coefficient (Wildman–Crippen LogP) is 4.63. The molecule has 1 aliphatic heterocycles. The molecule has 0 unspecified atom stereocenters. The zero-order chi connectivity index (χ0) is 21.2. The van der Waals surface area contributed by atoms with Crippen LogP contribution in [0.4, 0.5) is 17.1 Å². The SMILES string of the molecule is CC(C)(C)c1ccc(C(=O)Nc2cc(N3CCOCC3)c([N+](=O)[O-])cc2Cl)cc1. The molecule has 0 atom stereocenters. The summed E-state index contributed by atoms with van der Waals surface area (Å²) in [7, 11) is 0. The van der Waals surface area contributed by atoms with Crippen LogP contribution in [0.15, 0.2) is 36.4 Å². The number of nitro groups is 1. The normalized spacial score (nSPS) is 14.6. The number of anilines is 2. The number of nitrogens with one attached hydrogen (secondary N) is 1. The van der Waals surface area contributed by atoms with Crippen molar-refractivity contribution >= 4 is 34.6 Å². The summed E-state index contributed by atoms with van der Waals surface area (Å²) in [5.74, 6) is -0.325. The number of rotatable bonds is 4. The first-order chi connectivity index (χ1) is 13.7. The zero-order valence-corrected chi connectivity index (χ0v) is 17.5. The minimum Gasteiger partial charge on any atom is -0.378 e. The molecule has 29 heavy (non-hydrogen) atoms. The van der Waals surface area contributed by atoms with Crippen LogP contribution in [0.1, 0.15) is 36.7 Å². The highest BCUT2D eigenvalue weighted by atomic mass is 35.5. The lowest BCUT2D eigenvalue weighted by molar-refractivity contribution is -0.384. The predicted molar refractivity (Wildman–Crippen MR) is 114 cm³/mol. The summed E-state index contributed by atoms with van der Waals surface area (Å²) in [5.41, 5.74) is 2.26. The molecule has 1 aliphatic rings. The zero-order valence-electron chi connectivity index (χ0n) is 16.7. The number of benzene rings is 2. The summed E-state index contributed by atoms with van der Waals surface area (Å²) in [5, 5.41) is 14.4. The Kier molecular flexibility index (Phi) is 6.10. The van der Waals surface area contributed by atoms with Gasteiger partial charge in [-0.1, -0.05) is 44.5 Å². The highest BCUT2D eigenvalue weighted by Crippen LogP contribution is 2.37. The Morgan fingerprint density at radius 3 is 2.34 bits per heavy atom. The molecular weight excluding hydrogens is 394 g/mol. The van der Waals surface area contributed by atoms with Crippen LogP contribution in [0.3, 0.4) is 0 Å². The Labute approximate surface area is 174 Å². The van der Waals surface area contributed by atoms with Crippen LogP contribution in [0.2, 0.25) is 5.02 Å². The van der Waals surface area contributed by atoms with Gasteiger partial charge in [-0.25, -0.2) is 0 Å². The standard InChI is InChI=1S/C21H24ClN3O4/c1-21(2,3)15-6-4-14(5-7-15)20(26)23-17-13-18(24-8-10-29-11-9-24)19(25(27)28)12-16(17)22/h4-7,12-13H,8-11H2,1-3H3,(H,23,26). The van der Waals surface area contributed by atoms with E-state index >= 15 is 0 Å². The third kappa shape index (κ3) is 4.86. The van der Waals surface area contributed by atoms with Crippen LogP contribution in [0, 0.1) is 10.1 Å². The molecule has 1 heterocycles. The third-order valence-electron chi connectivity index (χ3n) is 4.87. The molecule has 1 fully saturated rings. The average Bonchev–Trinajstić information content (AvgIpc) is 2.69. The van der Waals surface area contributed by atoms with Gasteiger partial charge in [-0.3, -0.25) is 14.9 Å². The van der Waals surface area contributed by atoms with E-state index < -0.39 is 4.92 Å². The van der Waals surface area contributed by atoms with Crippen molar-refractivity contribution in [3.05, 3.63) is 62.7 Å². The molecular formula is C21H24ClN3O4. The minimum absolute atomic E-state index is 0.0102. The first-order valence-corrected chi connectivity index (χ1v) is 9.77. The lowest BCUT2D eigenvalue weighted by atomic mass is 9.87. The van der Waals surface area contributed by atoms with Crippen LogP contribution in [-0.4, -0.2) is 37.1 Å². The van der Waals surface area contributed by atoms with Crippen LogP contribution in [-0.2, 0) is 10.2 Å². The molecule has 0 aromatic heterocycles. The average molecular weight is 418 g/mol. The molecule has 7 nitrogen and oxygen atoms in total. The Morgan fingerprint density at radius 2 is 1.79 bits per heavy atom. The summed E-state index contributed by atoms with van der Waals surface area (Å²) in [6, 6.07) is 10.2. The van der Waals surface area contributed by atoms with Gasteiger partial charge in [-0.05, 0) is 29.2 Å². The molecule has 2 aromatic rings. The van der Waals surface area contributed by atoms with Gasteiger partial charge in [0.1, 0.15) is 5.69 Å². The van der Waals surface area contributed by atoms with Crippen molar-refractivity contribution in [2.75, 3.05) is 36.5 Å². The number of carbonyl (C=O) groups is 1. The van der Waals surface area contributed by atoms with E-state index in [1.165, 1.54) is 6.07 Å². The molecule has 0 radical (unpaired) electrons. The van der Waals surface area contributed by atoms with Gasteiger partial charge in [0.2, 0.25) is 0 Å². The molecule has 1 N–H and O–H groups in total. The summed E-state index contributed by atoms with van der Waals surface area (Å²) >= 11 is 6.24. The van der Waals surface area contributed by atoms with Crippen molar-refractivity contribution in [2.24, 2.45) is 0 Å². The Bertz CT molecular complexity index is 917. The van der Waals surface area contributed by atoms with Crippen LogP contribution < -0.4 is 10.2 Å². The van der Waals surface area contributed by atoms with Crippen molar-refractivity contribution in [3.8, 4) is 0 Å². The fourth-order valence-corrected chi connectivity index (χ4v) is 3.37. The van der Waals surface area contributed by atoms with E-state index in [9.17, 15) is 14.9 Å². The Hall–Kier alpha value is -2.64. The molecule has 2 aromatic carbocycles. The van der Waals surface area contributed by atoms with Gasteiger partial charge >= 0.3 is 0 Å². The largest absolute Gasteiger partial charge is 0.378 e. The second-order valence-corrected chi connectivity index (χ2v) is 8.37. The molecule has 3 rings (SSSR count). The highest BCUT2D eigenvalue weighted by Gasteiger charge is 2.24. The number of halogens is 1. The summed E-state index contributed by atoms with van der Waals surface area (Å²) in [6.45, 7) is 8.35. The number of morpholine rings is 1. The van der Waals surface area contributed by atoms with Gasteiger partial charge in [-0.15, -0.1) is 0 Å². The third-order valence-corrected chi connectivity index (χ3v) is 5.19. The van der Waals surface area contributed by atoms with Crippen molar-refractivity contribution in [3.63, 3.8) is 0 Å². The fourth-order valence-electron chi connectivity index (χ4n) is 3.17. The van der Waals surface area contributed by atoms with Crippen molar-refractivity contribution in [2.45, 2.75) is 26.2 Å². The van der Waals surface area contributed by atoms with E-state index in [2.05, 4.69) is 26.1 Å². The Morgan fingerprint density at radius 1 is 1.17 bits per heavy atom. The number of carbonyl (C=O) groups excluding carboxylic acids is 1. The maximum absolute atomic E-state index is 12.7. The van der Waals surface area contributed by atoms with E-state index in [-0.39, 0.29) is 22.0 Å². The van der Waals surface area contributed by atoms with Gasteiger partial charge in [0.15, 0.2) is 0 Å². The lowest BCUT2D eigenvalue weighted by Gasteiger charge is -2.29. The molecule has 1 saturated heterocycles. The van der Waals surface area contributed by atoms with E-state index in [0.29, 0.717) is 43.2 Å². The highest BCUT2D eigenvalue weighted by molar-refractivity contribution is 6.34. The van der Waals surface area contributed by atoms with Crippen molar-refractivity contribution < 1.29 is 14.5 Å². The minimum atomic E-state index is -0.465. The van der Waals surface area contributed by atoms with Gasteiger partial charge in [0, 0.05) is 24.7 Å². The van der Waals surface area contributed by atoms with Crippen LogP contribution in [0.25, 0.3) is 0 Å². The molecule has 8 heteroatoms. The summed E-state index contributed by atoms with van der Waals surface area (Å²) in [4.78, 5) is 25.6. The smallest absolute Gasteiger partial charge is 0.294 e. The van der Waals surface area contributed by atoms with E-state index in [4.69, 9.17) is 16.3 Å². The molecule has 0 saturated carbocycles. The molecule has 0 bridgehead atoms. The van der Waals surface area contributed by atoms with E-state index in [1.54, 1.807) is 18.2 Å². The second-order valence-electron chi connectivity index (χ2n) is 7.96. The van der Waals surface area contributed by atoms with Gasteiger partial charge < -0.3 is 15.0 Å². The van der Waals surface area contributed by atoms with E-state index in [0.717, 1.165) is 5.56 Å². The lowest BCUT2D eigenvalue weighted by Crippen LogP contribution is -2.36.